The van der Waals surface area contributed by atoms with E-state index >= 15 is 0 Å². The van der Waals surface area contributed by atoms with Crippen LogP contribution in [0.15, 0.2) is 0 Å². The van der Waals surface area contributed by atoms with E-state index in [4.69, 9.17) is 5.11 Å². The zero-order valence-electron chi connectivity index (χ0n) is 17.1. The van der Waals surface area contributed by atoms with Gasteiger partial charge in [-0.3, -0.25) is 9.47 Å². The molecule has 228 valence electrons. The van der Waals surface area contributed by atoms with Crippen molar-refractivity contribution in [2.45, 2.75) is 79.5 Å². The third kappa shape index (κ3) is 6.31. The monoisotopic (exact) mass is 612 g/mol. The number of hydrogen-bond donors (Lipinski definition) is 4. The molecule has 1 fully saturated rings. The van der Waals surface area contributed by atoms with E-state index in [1.54, 1.807) is 0 Å². The van der Waals surface area contributed by atoms with Crippen LogP contribution in [0.4, 0.5) is 70.2 Å². The molecule has 8 nitrogen and oxygen atoms in total. The van der Waals surface area contributed by atoms with E-state index in [1.165, 1.54) is 4.74 Å². The maximum Gasteiger partial charge on any atom is 0.462 e. The van der Waals surface area contributed by atoms with Gasteiger partial charge in [0.1, 0.15) is 24.4 Å². The van der Waals surface area contributed by atoms with E-state index in [1.807, 2.05) is 0 Å². The van der Waals surface area contributed by atoms with Crippen molar-refractivity contribution in [1.82, 2.24) is 0 Å². The Kier molecular flexibility index (Phi) is 9.57. The molecule has 2 unspecified atom stereocenters. The molecule has 7 atom stereocenters. The lowest BCUT2D eigenvalue weighted by molar-refractivity contribution is -0.545. The fraction of sp³-hybridized carbons (Fsp3) is 1.00. The van der Waals surface area contributed by atoms with E-state index in [2.05, 4.69) is 14.2 Å². The number of hydrogen-bond acceptors (Lipinski definition) is 8. The van der Waals surface area contributed by atoms with E-state index < -0.39 is 86.1 Å². The molecule has 0 amide bonds. The van der Waals surface area contributed by atoms with Gasteiger partial charge >= 0.3 is 42.5 Å². The largest absolute Gasteiger partial charge is 0.462 e. The molecule has 0 radical (unpaired) electrons. The van der Waals surface area contributed by atoms with E-state index in [0.29, 0.717) is 0 Å². The summed E-state index contributed by atoms with van der Waals surface area (Å²) in [5.41, 5.74) is 0. The molecule has 1 saturated heterocycles. The summed E-state index contributed by atoms with van der Waals surface area (Å²) in [7, 11) is 0. The second kappa shape index (κ2) is 10.5. The lowest BCUT2D eigenvalue weighted by Gasteiger charge is -2.42. The minimum Gasteiger partial charge on any atom is -0.394 e. The maximum absolute atomic E-state index is 14.0. The molecule has 1 heterocycles. The molecule has 0 spiro atoms. The van der Waals surface area contributed by atoms with Gasteiger partial charge < -0.3 is 29.9 Å². The van der Waals surface area contributed by atoms with Gasteiger partial charge in [0.15, 0.2) is 6.29 Å². The molecule has 4 N–H and O–H groups in total. The normalized spacial score (nSPS) is 29.2. The van der Waals surface area contributed by atoms with Crippen molar-refractivity contribution in [1.29, 1.82) is 0 Å². The molecule has 1 rings (SSSR count). The van der Waals surface area contributed by atoms with Crippen LogP contribution >= 0.6 is 0 Å². The van der Waals surface area contributed by atoms with Crippen LogP contribution < -0.4 is 0 Å². The Balaban J connectivity index is 3.34. The Morgan fingerprint density at radius 1 is 0.711 bits per heavy atom. The van der Waals surface area contributed by atoms with Crippen LogP contribution in [0.3, 0.4) is 0 Å². The van der Waals surface area contributed by atoms with Gasteiger partial charge in [0.05, 0.1) is 6.61 Å². The fourth-order valence-electron chi connectivity index (χ4n) is 2.40. The van der Waals surface area contributed by atoms with Gasteiger partial charge in [0.25, 0.3) is 6.36 Å². The smallest absolute Gasteiger partial charge is 0.394 e. The Morgan fingerprint density at radius 2 is 1.18 bits per heavy atom. The molecule has 0 bridgehead atoms. The lowest BCUT2D eigenvalue weighted by Crippen LogP contribution is -2.66. The average molecular weight is 612 g/mol. The summed E-state index contributed by atoms with van der Waals surface area (Å²) in [6.07, 6.45) is -56.0. The SMILES string of the molecule is OC[C@H]1O[C@H](O)[C@H](O)[C@@H](OC(F)(F)C(F)OC(F)(F)C(F)(OC(F)(F)C(F)(F)C(F)(F)F)C(F)(F)F)[C@@H]1O. The first-order valence-corrected chi connectivity index (χ1v) is 8.93. The van der Waals surface area contributed by atoms with Gasteiger partial charge in [-0.1, -0.05) is 0 Å². The van der Waals surface area contributed by atoms with Crippen molar-refractivity contribution in [2.75, 3.05) is 6.61 Å². The quantitative estimate of drug-likeness (QED) is 0.278. The van der Waals surface area contributed by atoms with Gasteiger partial charge in [-0.25, -0.2) is 4.39 Å². The molecule has 0 aromatic carbocycles. The van der Waals surface area contributed by atoms with Crippen molar-refractivity contribution < 1.29 is 110 Å². The van der Waals surface area contributed by atoms with Crippen LogP contribution in [-0.2, 0) is 18.9 Å². The van der Waals surface area contributed by atoms with Crippen molar-refractivity contribution in [3.63, 3.8) is 0 Å². The molecule has 0 saturated carbocycles. The molecule has 1 aliphatic rings. The first-order chi connectivity index (χ1) is 16.6. The van der Waals surface area contributed by atoms with Crippen LogP contribution in [0.2, 0.25) is 0 Å². The zero-order chi connectivity index (χ0) is 30.5. The Morgan fingerprint density at radius 3 is 1.58 bits per heavy atom. The van der Waals surface area contributed by atoms with Crippen LogP contribution in [0, 0.1) is 0 Å². The fourth-order valence-corrected chi connectivity index (χ4v) is 2.40. The Labute approximate surface area is 197 Å². The number of ether oxygens (including phenoxy) is 4. The Hall–Kier alpha value is -1.44. The van der Waals surface area contributed by atoms with Crippen molar-refractivity contribution >= 4 is 0 Å². The molecule has 0 aromatic heterocycles. The minimum atomic E-state index is -7.89. The predicted octanol–water partition coefficient (Wildman–Crippen LogP) is 2.34. The van der Waals surface area contributed by atoms with E-state index in [0.717, 1.165) is 0 Å². The number of alkyl halides is 16. The first-order valence-electron chi connectivity index (χ1n) is 8.93. The van der Waals surface area contributed by atoms with Gasteiger partial charge in [0.2, 0.25) is 0 Å². The summed E-state index contributed by atoms with van der Waals surface area (Å²) in [5.74, 6) is -15.7. The highest BCUT2D eigenvalue weighted by Crippen LogP contribution is 2.55. The van der Waals surface area contributed by atoms with Gasteiger partial charge in [-0.15, -0.1) is 0 Å². The van der Waals surface area contributed by atoms with Crippen LogP contribution in [0.25, 0.3) is 0 Å². The highest BCUT2D eigenvalue weighted by atomic mass is 19.4. The second-order valence-corrected chi connectivity index (χ2v) is 7.11. The highest BCUT2D eigenvalue weighted by molar-refractivity contribution is 4.94. The van der Waals surface area contributed by atoms with Crippen molar-refractivity contribution in [3.05, 3.63) is 0 Å². The lowest BCUT2D eigenvalue weighted by atomic mass is 9.99. The number of rotatable bonds is 10. The average Bonchev–Trinajstić information content (AvgIpc) is 2.71. The summed E-state index contributed by atoms with van der Waals surface area (Å²) in [6, 6.07) is 0. The van der Waals surface area contributed by atoms with Gasteiger partial charge in [-0.05, 0) is 0 Å². The van der Waals surface area contributed by atoms with Crippen molar-refractivity contribution in [2.24, 2.45) is 0 Å². The third-order valence-corrected chi connectivity index (χ3v) is 4.38. The van der Waals surface area contributed by atoms with Crippen molar-refractivity contribution in [3.8, 4) is 0 Å². The van der Waals surface area contributed by atoms with E-state index in [-0.39, 0.29) is 0 Å². The van der Waals surface area contributed by atoms with E-state index in [9.17, 15) is 85.6 Å². The third-order valence-electron chi connectivity index (χ3n) is 4.38. The second-order valence-electron chi connectivity index (χ2n) is 7.11. The number of halogens is 16. The highest BCUT2D eigenvalue weighted by Gasteiger charge is 2.84. The Bertz CT molecular complexity index is 806. The molecule has 24 heteroatoms. The molecule has 0 aromatic rings. The summed E-state index contributed by atoms with van der Waals surface area (Å²) in [4.78, 5) is 0. The van der Waals surface area contributed by atoms with Crippen LogP contribution in [0.1, 0.15) is 0 Å². The predicted molar refractivity (Wildman–Crippen MR) is 77.7 cm³/mol. The molecular weight excluding hydrogens is 600 g/mol. The molecule has 0 aliphatic carbocycles. The number of aliphatic hydroxyl groups is 4. The number of aliphatic hydroxyl groups excluding tert-OH is 4. The summed E-state index contributed by atoms with van der Waals surface area (Å²) in [5, 5.41) is 37.1. The van der Waals surface area contributed by atoms with Crippen LogP contribution in [0.5, 0.6) is 0 Å². The van der Waals surface area contributed by atoms with Gasteiger partial charge in [-0.2, -0.15) is 65.9 Å². The molecule has 38 heavy (non-hydrogen) atoms. The minimum absolute atomic E-state index is 1.37. The molecule has 1 aliphatic heterocycles. The standard InChI is InChI=1S/C14H12F16O8/c15-7(8(16,17)36-5-3(32)2(1-31)35-6(34)4(5)33)37-14(29,30)10(20,12(24,25)26)38-13(27,28)9(18,19)11(21,22)23/h2-7,31-34H,1H2/t2-,3-,4-,5+,6+,7?,10?/m1/s1. The summed E-state index contributed by atoms with van der Waals surface area (Å²) in [6.45, 7) is -1.37. The molecular formula is C14H12F16O8. The maximum atomic E-state index is 14.0. The zero-order valence-corrected chi connectivity index (χ0v) is 17.1. The summed E-state index contributed by atoms with van der Waals surface area (Å²) >= 11 is 0. The van der Waals surface area contributed by atoms with Gasteiger partial charge in [0, 0.05) is 0 Å². The summed E-state index contributed by atoms with van der Waals surface area (Å²) < 4.78 is 220. The topological polar surface area (TPSA) is 118 Å². The first kappa shape index (κ1) is 34.6. The van der Waals surface area contributed by atoms with Crippen LogP contribution in [-0.4, -0.2) is 107 Å².